The summed E-state index contributed by atoms with van der Waals surface area (Å²) in [6.45, 7) is 9.73. The van der Waals surface area contributed by atoms with Gasteiger partial charge in [0.1, 0.15) is 5.60 Å². The van der Waals surface area contributed by atoms with Crippen LogP contribution < -0.4 is 5.32 Å². The number of aromatic nitrogens is 2. The summed E-state index contributed by atoms with van der Waals surface area (Å²) < 4.78 is 10.3. The topological polar surface area (TPSA) is 80.5 Å². The number of nitrogens with zero attached hydrogens (tertiary/aromatic N) is 3. The molecule has 0 aromatic carbocycles. The van der Waals surface area contributed by atoms with Gasteiger partial charge in [0.05, 0.1) is 0 Å². The van der Waals surface area contributed by atoms with Gasteiger partial charge in [0.2, 0.25) is 5.89 Å². The Kier molecular flexibility index (Phi) is 5.39. The van der Waals surface area contributed by atoms with Crippen LogP contribution in [-0.2, 0) is 11.2 Å². The zero-order valence-corrected chi connectivity index (χ0v) is 13.9. The van der Waals surface area contributed by atoms with E-state index in [0.29, 0.717) is 11.9 Å². The monoisotopic (exact) mass is 310 g/mol. The summed E-state index contributed by atoms with van der Waals surface area (Å²) in [5.41, 5.74) is -0.436. The quantitative estimate of drug-likeness (QED) is 0.915. The average Bonchev–Trinajstić information content (AvgIpc) is 2.83. The molecule has 1 aliphatic heterocycles. The first-order chi connectivity index (χ1) is 10.3. The van der Waals surface area contributed by atoms with E-state index in [4.69, 9.17) is 9.26 Å². The summed E-state index contributed by atoms with van der Waals surface area (Å²) in [6, 6.07) is 0.423. The van der Waals surface area contributed by atoms with Crippen LogP contribution in [0.2, 0.25) is 0 Å². The van der Waals surface area contributed by atoms with Gasteiger partial charge in [-0.25, -0.2) is 4.79 Å². The lowest BCUT2D eigenvalue weighted by Gasteiger charge is -2.33. The molecule has 1 saturated heterocycles. The minimum atomic E-state index is -0.436. The number of likely N-dealkylation sites (tertiary alicyclic amines) is 1. The second-order valence-electron chi connectivity index (χ2n) is 6.68. The molecule has 7 nitrogen and oxygen atoms in total. The fourth-order valence-electron chi connectivity index (χ4n) is 2.42. The molecule has 0 spiro atoms. The van der Waals surface area contributed by atoms with Gasteiger partial charge in [0, 0.05) is 39.0 Å². The molecule has 0 radical (unpaired) electrons. The first-order valence-corrected chi connectivity index (χ1v) is 7.84. The highest BCUT2D eigenvalue weighted by molar-refractivity contribution is 5.68. The normalized spacial score (nSPS) is 16.8. The molecule has 0 aliphatic carbocycles. The summed E-state index contributed by atoms with van der Waals surface area (Å²) in [4.78, 5) is 17.9. The molecular formula is C15H26N4O3. The highest BCUT2D eigenvalue weighted by Gasteiger charge is 2.26. The van der Waals surface area contributed by atoms with Gasteiger partial charge in [-0.05, 0) is 33.6 Å². The molecule has 22 heavy (non-hydrogen) atoms. The molecule has 0 unspecified atom stereocenters. The minimum Gasteiger partial charge on any atom is -0.444 e. The molecule has 1 aromatic heterocycles. The molecule has 1 N–H and O–H groups in total. The third kappa shape index (κ3) is 5.29. The number of hydrogen-bond acceptors (Lipinski definition) is 6. The summed E-state index contributed by atoms with van der Waals surface area (Å²) >= 11 is 0. The van der Waals surface area contributed by atoms with E-state index in [1.54, 1.807) is 11.8 Å². The fourth-order valence-corrected chi connectivity index (χ4v) is 2.42. The number of piperidine rings is 1. The third-order valence-corrected chi connectivity index (χ3v) is 3.50. The van der Waals surface area contributed by atoms with Crippen molar-refractivity contribution in [2.75, 3.05) is 19.6 Å². The van der Waals surface area contributed by atoms with Crippen LogP contribution in [0, 0.1) is 6.92 Å². The molecule has 2 rings (SSSR count). The van der Waals surface area contributed by atoms with E-state index in [2.05, 4.69) is 15.5 Å². The fraction of sp³-hybridized carbons (Fsp3) is 0.800. The van der Waals surface area contributed by atoms with Crippen molar-refractivity contribution in [1.82, 2.24) is 20.4 Å². The molecule has 1 aliphatic rings. The number of aryl methyl sites for hydroxylation is 1. The van der Waals surface area contributed by atoms with Crippen LogP contribution in [0.1, 0.15) is 45.3 Å². The van der Waals surface area contributed by atoms with Crippen LogP contribution in [0.25, 0.3) is 0 Å². The van der Waals surface area contributed by atoms with Gasteiger partial charge in [-0.2, -0.15) is 4.98 Å². The van der Waals surface area contributed by atoms with Crippen molar-refractivity contribution in [3.63, 3.8) is 0 Å². The molecular weight excluding hydrogens is 284 g/mol. The molecule has 2 heterocycles. The third-order valence-electron chi connectivity index (χ3n) is 3.50. The van der Waals surface area contributed by atoms with Crippen LogP contribution in [0.3, 0.4) is 0 Å². The van der Waals surface area contributed by atoms with Gasteiger partial charge in [-0.1, -0.05) is 5.16 Å². The smallest absolute Gasteiger partial charge is 0.410 e. The maximum atomic E-state index is 12.0. The van der Waals surface area contributed by atoms with E-state index < -0.39 is 5.60 Å². The van der Waals surface area contributed by atoms with Gasteiger partial charge in [-0.15, -0.1) is 0 Å². The van der Waals surface area contributed by atoms with E-state index in [9.17, 15) is 4.79 Å². The first kappa shape index (κ1) is 16.7. The first-order valence-electron chi connectivity index (χ1n) is 7.84. The number of amides is 1. The highest BCUT2D eigenvalue weighted by atomic mass is 16.6. The number of carbonyl (C=O) groups is 1. The zero-order valence-electron chi connectivity index (χ0n) is 13.9. The van der Waals surface area contributed by atoms with Gasteiger partial charge in [-0.3, -0.25) is 0 Å². The highest BCUT2D eigenvalue weighted by Crippen LogP contribution is 2.15. The van der Waals surface area contributed by atoms with Gasteiger partial charge in [0.15, 0.2) is 5.82 Å². The zero-order chi connectivity index (χ0) is 16.2. The number of carbonyl (C=O) groups excluding carboxylic acids is 1. The maximum Gasteiger partial charge on any atom is 0.410 e. The number of hydrogen-bond donors (Lipinski definition) is 1. The summed E-state index contributed by atoms with van der Waals surface area (Å²) in [6.07, 6.45) is 2.41. The van der Waals surface area contributed by atoms with E-state index in [0.717, 1.165) is 44.7 Å². The van der Waals surface area contributed by atoms with Crippen LogP contribution in [0.15, 0.2) is 4.52 Å². The Morgan fingerprint density at radius 1 is 1.41 bits per heavy atom. The van der Waals surface area contributed by atoms with Crippen molar-refractivity contribution >= 4 is 6.09 Å². The Hall–Kier alpha value is -1.63. The second kappa shape index (κ2) is 7.09. The summed E-state index contributed by atoms with van der Waals surface area (Å²) in [5.74, 6) is 1.33. The van der Waals surface area contributed by atoms with Gasteiger partial charge in [0.25, 0.3) is 0 Å². The molecule has 124 valence electrons. The van der Waals surface area contributed by atoms with Crippen LogP contribution in [0.4, 0.5) is 4.79 Å². The lowest BCUT2D eigenvalue weighted by molar-refractivity contribution is 0.0198. The molecule has 0 atom stereocenters. The maximum absolute atomic E-state index is 12.0. The molecule has 7 heteroatoms. The van der Waals surface area contributed by atoms with E-state index in [-0.39, 0.29) is 6.09 Å². The summed E-state index contributed by atoms with van der Waals surface area (Å²) in [5, 5.41) is 7.36. The molecule has 1 fully saturated rings. The van der Waals surface area contributed by atoms with E-state index in [1.807, 2.05) is 20.8 Å². The van der Waals surface area contributed by atoms with Crippen molar-refractivity contribution in [2.45, 2.75) is 58.6 Å². The van der Waals surface area contributed by atoms with E-state index in [1.165, 1.54) is 0 Å². The van der Waals surface area contributed by atoms with E-state index >= 15 is 0 Å². The lowest BCUT2D eigenvalue weighted by Crippen LogP contribution is -2.46. The van der Waals surface area contributed by atoms with Gasteiger partial charge < -0.3 is 19.5 Å². The van der Waals surface area contributed by atoms with Crippen LogP contribution >= 0.6 is 0 Å². The van der Waals surface area contributed by atoms with Gasteiger partial charge >= 0.3 is 6.09 Å². The standard InChI is InChI=1S/C15H26N4O3/c1-11-17-13(18-22-11)5-8-16-12-6-9-19(10-7-12)14(20)21-15(2,3)4/h12,16H,5-10H2,1-4H3. The predicted octanol–water partition coefficient (Wildman–Crippen LogP) is 1.91. The van der Waals surface area contributed by atoms with Crippen LogP contribution in [-0.4, -0.2) is 52.4 Å². The molecule has 0 bridgehead atoms. The predicted molar refractivity (Wildman–Crippen MR) is 81.6 cm³/mol. The Morgan fingerprint density at radius 3 is 2.64 bits per heavy atom. The second-order valence-corrected chi connectivity index (χ2v) is 6.68. The van der Waals surface area contributed by atoms with Crippen molar-refractivity contribution in [3.8, 4) is 0 Å². The molecule has 1 aromatic rings. The van der Waals surface area contributed by atoms with Crippen LogP contribution in [0.5, 0.6) is 0 Å². The largest absolute Gasteiger partial charge is 0.444 e. The Labute approximate surface area is 131 Å². The van der Waals surface area contributed by atoms with Crippen molar-refractivity contribution in [2.24, 2.45) is 0 Å². The number of nitrogens with one attached hydrogen (secondary N) is 1. The lowest BCUT2D eigenvalue weighted by atomic mass is 10.1. The molecule has 0 saturated carbocycles. The SMILES string of the molecule is Cc1nc(CCNC2CCN(C(=O)OC(C)(C)C)CC2)no1. The minimum absolute atomic E-state index is 0.215. The average molecular weight is 310 g/mol. The number of ether oxygens (including phenoxy) is 1. The van der Waals surface area contributed by atoms with Crippen molar-refractivity contribution in [3.05, 3.63) is 11.7 Å². The molecule has 1 amide bonds. The summed E-state index contributed by atoms with van der Waals surface area (Å²) in [7, 11) is 0. The Bertz CT molecular complexity index is 487. The number of rotatable bonds is 4. The van der Waals surface area contributed by atoms with Crippen molar-refractivity contribution < 1.29 is 14.1 Å². The Balaban J connectivity index is 1.65. The van der Waals surface area contributed by atoms with Crippen molar-refractivity contribution in [1.29, 1.82) is 0 Å². The Morgan fingerprint density at radius 2 is 2.09 bits per heavy atom.